The lowest BCUT2D eigenvalue weighted by Crippen LogP contribution is -2.28. The molecular formula is C29H35N3O4. The summed E-state index contributed by atoms with van der Waals surface area (Å²) in [5.41, 5.74) is 2.53. The molecule has 7 nitrogen and oxygen atoms in total. The van der Waals surface area contributed by atoms with Gasteiger partial charge in [0.1, 0.15) is 11.4 Å². The first-order valence-electron chi connectivity index (χ1n) is 11.9. The van der Waals surface area contributed by atoms with Crippen LogP contribution in [0.25, 0.3) is 11.1 Å². The van der Waals surface area contributed by atoms with Gasteiger partial charge >= 0.3 is 5.97 Å². The van der Waals surface area contributed by atoms with E-state index in [4.69, 9.17) is 4.74 Å². The van der Waals surface area contributed by atoms with Gasteiger partial charge in [0, 0.05) is 31.9 Å². The van der Waals surface area contributed by atoms with Crippen LogP contribution in [0.1, 0.15) is 41.5 Å². The van der Waals surface area contributed by atoms with E-state index in [-0.39, 0.29) is 16.9 Å². The number of nitrogens with one attached hydrogen (secondary N) is 1. The second-order valence-corrected chi connectivity index (χ2v) is 10.0. The summed E-state index contributed by atoms with van der Waals surface area (Å²) < 4.78 is 5.55. The summed E-state index contributed by atoms with van der Waals surface area (Å²) >= 11 is 0. The number of benzene rings is 3. The number of phenols is 1. The van der Waals surface area contributed by atoms with E-state index in [1.807, 2.05) is 62.4 Å². The third-order valence-corrected chi connectivity index (χ3v) is 5.54. The maximum absolute atomic E-state index is 13.2. The molecule has 3 aromatic carbocycles. The fraction of sp³-hybridized carbons (Fsp3) is 0.310. The van der Waals surface area contributed by atoms with Crippen LogP contribution in [-0.4, -0.2) is 61.7 Å². The lowest BCUT2D eigenvalue weighted by Gasteiger charge is -2.22. The molecule has 0 spiro atoms. The molecule has 0 fully saturated rings. The average molecular weight is 490 g/mol. The molecule has 0 saturated heterocycles. The van der Waals surface area contributed by atoms with Crippen molar-refractivity contribution in [3.63, 3.8) is 0 Å². The molecule has 0 aliphatic heterocycles. The summed E-state index contributed by atoms with van der Waals surface area (Å²) in [4.78, 5) is 30.2. The minimum atomic E-state index is -0.691. The number of carbonyl (C=O) groups is 2. The van der Waals surface area contributed by atoms with Gasteiger partial charge in [-0.3, -0.25) is 4.79 Å². The van der Waals surface area contributed by atoms with Crippen LogP contribution < -0.4 is 10.2 Å². The minimum absolute atomic E-state index is 0.111. The highest BCUT2D eigenvalue weighted by atomic mass is 16.6. The SMILES string of the molecule is CN(C)CCN(C)c1ccc(C(=O)Nc2cc(-c3ccccc3)ccc2C(=O)OC(C)(C)C)c(O)c1. The number of hydrogen-bond donors (Lipinski definition) is 2. The zero-order valence-corrected chi connectivity index (χ0v) is 21.8. The number of likely N-dealkylation sites (N-methyl/N-ethyl adjacent to an activating group) is 2. The lowest BCUT2D eigenvalue weighted by molar-refractivity contribution is 0.00708. The molecule has 0 unspecified atom stereocenters. The Bertz CT molecular complexity index is 1220. The van der Waals surface area contributed by atoms with E-state index in [1.165, 1.54) is 0 Å². The number of carbonyl (C=O) groups excluding carboxylic acids is 2. The summed E-state index contributed by atoms with van der Waals surface area (Å²) in [6, 6.07) is 19.8. The van der Waals surface area contributed by atoms with Crippen LogP contribution in [0.15, 0.2) is 66.7 Å². The number of amides is 1. The fourth-order valence-electron chi connectivity index (χ4n) is 3.59. The van der Waals surface area contributed by atoms with E-state index in [0.29, 0.717) is 5.69 Å². The van der Waals surface area contributed by atoms with Gasteiger partial charge in [0.2, 0.25) is 0 Å². The first-order chi connectivity index (χ1) is 16.9. The number of rotatable bonds is 8. The van der Waals surface area contributed by atoms with E-state index < -0.39 is 17.5 Å². The number of phenolic OH excluding ortho intramolecular Hbond substituents is 1. The Balaban J connectivity index is 1.91. The molecule has 1 amide bonds. The number of nitrogens with zero attached hydrogens (tertiary/aromatic N) is 2. The molecule has 0 radical (unpaired) electrons. The number of ether oxygens (including phenoxy) is 1. The largest absolute Gasteiger partial charge is 0.507 e. The predicted octanol–water partition coefficient (Wildman–Crippen LogP) is 5.26. The maximum atomic E-state index is 13.2. The number of esters is 1. The highest BCUT2D eigenvalue weighted by Gasteiger charge is 2.23. The topological polar surface area (TPSA) is 82.1 Å². The average Bonchev–Trinajstić information content (AvgIpc) is 2.81. The highest BCUT2D eigenvalue weighted by molar-refractivity contribution is 6.10. The van der Waals surface area contributed by atoms with Crippen molar-refractivity contribution in [2.75, 3.05) is 44.4 Å². The van der Waals surface area contributed by atoms with Crippen molar-refractivity contribution in [3.05, 3.63) is 77.9 Å². The summed E-state index contributed by atoms with van der Waals surface area (Å²) in [5, 5.41) is 13.5. The zero-order chi connectivity index (χ0) is 26.5. The van der Waals surface area contributed by atoms with Gasteiger partial charge in [-0.25, -0.2) is 4.79 Å². The Morgan fingerprint density at radius 1 is 0.861 bits per heavy atom. The van der Waals surface area contributed by atoms with Gasteiger partial charge in [0.25, 0.3) is 5.91 Å². The molecule has 0 heterocycles. The van der Waals surface area contributed by atoms with Crippen molar-refractivity contribution in [1.29, 1.82) is 0 Å². The van der Waals surface area contributed by atoms with Crippen molar-refractivity contribution in [2.45, 2.75) is 26.4 Å². The van der Waals surface area contributed by atoms with Crippen molar-refractivity contribution in [1.82, 2.24) is 4.90 Å². The van der Waals surface area contributed by atoms with E-state index in [2.05, 4.69) is 10.2 Å². The summed E-state index contributed by atoms with van der Waals surface area (Å²) in [7, 11) is 5.92. The Morgan fingerprint density at radius 2 is 1.53 bits per heavy atom. The molecule has 2 N–H and O–H groups in total. The summed E-state index contributed by atoms with van der Waals surface area (Å²) in [6.45, 7) is 6.98. The van der Waals surface area contributed by atoms with E-state index in [1.54, 1.807) is 51.1 Å². The molecule has 3 rings (SSSR count). The monoisotopic (exact) mass is 489 g/mol. The Labute approximate surface area is 213 Å². The van der Waals surface area contributed by atoms with E-state index in [0.717, 1.165) is 29.9 Å². The van der Waals surface area contributed by atoms with Gasteiger partial charge in [-0.05, 0) is 70.3 Å². The number of anilines is 2. The predicted molar refractivity (Wildman–Crippen MR) is 145 cm³/mol. The van der Waals surface area contributed by atoms with Crippen LogP contribution >= 0.6 is 0 Å². The lowest BCUT2D eigenvalue weighted by atomic mass is 10.0. The summed E-state index contributed by atoms with van der Waals surface area (Å²) in [6.07, 6.45) is 0. The van der Waals surface area contributed by atoms with Crippen molar-refractivity contribution in [3.8, 4) is 16.9 Å². The molecule has 0 aliphatic carbocycles. The molecule has 7 heteroatoms. The van der Waals surface area contributed by atoms with Gasteiger partial charge in [0.05, 0.1) is 16.8 Å². The minimum Gasteiger partial charge on any atom is -0.507 e. The van der Waals surface area contributed by atoms with Crippen LogP contribution in [0.4, 0.5) is 11.4 Å². The second-order valence-electron chi connectivity index (χ2n) is 10.0. The number of hydrogen-bond acceptors (Lipinski definition) is 6. The van der Waals surface area contributed by atoms with Crippen LogP contribution in [0, 0.1) is 0 Å². The van der Waals surface area contributed by atoms with Crippen LogP contribution in [0.5, 0.6) is 5.75 Å². The molecule has 190 valence electrons. The van der Waals surface area contributed by atoms with Crippen molar-refractivity contribution < 1.29 is 19.4 Å². The molecule has 0 atom stereocenters. The zero-order valence-electron chi connectivity index (χ0n) is 21.8. The number of aromatic hydroxyl groups is 1. The third-order valence-electron chi connectivity index (χ3n) is 5.54. The summed E-state index contributed by atoms with van der Waals surface area (Å²) in [5.74, 6) is -1.20. The molecular weight excluding hydrogens is 454 g/mol. The fourth-order valence-corrected chi connectivity index (χ4v) is 3.59. The molecule has 0 aliphatic rings. The molecule has 3 aromatic rings. The second kappa shape index (κ2) is 11.3. The van der Waals surface area contributed by atoms with Gasteiger partial charge in [-0.15, -0.1) is 0 Å². The van der Waals surface area contributed by atoms with E-state index in [9.17, 15) is 14.7 Å². The highest BCUT2D eigenvalue weighted by Crippen LogP contribution is 2.30. The first kappa shape index (κ1) is 26.8. The van der Waals surface area contributed by atoms with Gasteiger partial charge in [0.15, 0.2) is 0 Å². The van der Waals surface area contributed by atoms with Gasteiger partial charge in [-0.2, -0.15) is 0 Å². The molecule has 0 aromatic heterocycles. The Hall–Kier alpha value is -3.84. The Kier molecular flexibility index (Phi) is 8.37. The van der Waals surface area contributed by atoms with Gasteiger partial charge in [-0.1, -0.05) is 36.4 Å². The standard InChI is InChI=1S/C29H35N3O4/c1-29(2,3)36-28(35)23-14-12-21(20-10-8-7-9-11-20)18-25(23)30-27(34)24-15-13-22(19-26(24)33)32(6)17-16-31(4)5/h7-15,18-19,33H,16-17H2,1-6H3,(H,30,34). The first-order valence-corrected chi connectivity index (χ1v) is 11.9. The smallest absolute Gasteiger partial charge is 0.340 e. The van der Waals surface area contributed by atoms with Crippen LogP contribution in [0.2, 0.25) is 0 Å². The van der Waals surface area contributed by atoms with Crippen LogP contribution in [0.3, 0.4) is 0 Å². The van der Waals surface area contributed by atoms with E-state index >= 15 is 0 Å². The van der Waals surface area contributed by atoms with Gasteiger partial charge < -0.3 is 25.0 Å². The normalized spacial score (nSPS) is 11.3. The molecule has 36 heavy (non-hydrogen) atoms. The quantitative estimate of drug-likeness (QED) is 0.420. The molecule has 0 saturated carbocycles. The van der Waals surface area contributed by atoms with Crippen molar-refractivity contribution >= 4 is 23.3 Å². The maximum Gasteiger partial charge on any atom is 0.340 e. The molecule has 0 bridgehead atoms. The Morgan fingerprint density at radius 3 is 2.14 bits per heavy atom. The van der Waals surface area contributed by atoms with Crippen LogP contribution in [-0.2, 0) is 4.74 Å². The van der Waals surface area contributed by atoms with Crippen molar-refractivity contribution in [2.24, 2.45) is 0 Å². The third kappa shape index (κ3) is 7.09.